The largest absolute Gasteiger partial charge is 0.506 e. The molecule has 0 saturated carbocycles. The summed E-state index contributed by atoms with van der Waals surface area (Å²) in [6.07, 6.45) is 3.07. The first-order chi connectivity index (χ1) is 10.9. The lowest BCUT2D eigenvalue weighted by atomic mass is 10.1. The van der Waals surface area contributed by atoms with Gasteiger partial charge in [0.2, 0.25) is 0 Å². The van der Waals surface area contributed by atoms with Gasteiger partial charge in [-0.15, -0.1) is 0 Å². The van der Waals surface area contributed by atoms with E-state index in [-0.39, 0.29) is 22.6 Å². The second-order valence-corrected chi connectivity index (χ2v) is 6.35. The molecule has 1 aromatic rings. The van der Waals surface area contributed by atoms with Crippen molar-refractivity contribution in [2.45, 2.75) is 0 Å². The highest BCUT2D eigenvalue weighted by Gasteiger charge is 2.22. The minimum absolute atomic E-state index is 0.0523. The molecule has 2 aliphatic rings. The number of H-pyrrole nitrogens is 1. The van der Waals surface area contributed by atoms with Crippen molar-refractivity contribution in [2.75, 3.05) is 7.11 Å². The molecule has 0 aliphatic carbocycles. The lowest BCUT2D eigenvalue weighted by molar-refractivity contribution is 0.0600. The van der Waals surface area contributed by atoms with E-state index >= 15 is 0 Å². The van der Waals surface area contributed by atoms with Gasteiger partial charge < -0.3 is 14.4 Å². The molecular formula is C14H9Br2N3O4. The van der Waals surface area contributed by atoms with Crippen LogP contribution >= 0.6 is 31.9 Å². The first-order valence-corrected chi connectivity index (χ1v) is 7.88. The van der Waals surface area contributed by atoms with Crippen LogP contribution < -0.4 is 5.56 Å². The van der Waals surface area contributed by atoms with Crippen LogP contribution in [0.3, 0.4) is 0 Å². The number of hydrogen-bond acceptors (Lipinski definition) is 5. The summed E-state index contributed by atoms with van der Waals surface area (Å²) in [5.74, 6) is -0.552. The van der Waals surface area contributed by atoms with Crippen LogP contribution in [0.4, 0.5) is 0 Å². The summed E-state index contributed by atoms with van der Waals surface area (Å²) in [5.41, 5.74) is 0.873. The number of nitrogens with one attached hydrogen (secondary N) is 1. The quantitative estimate of drug-likeness (QED) is 0.594. The number of ether oxygens (including phenoxy) is 1. The molecule has 0 fully saturated rings. The van der Waals surface area contributed by atoms with Crippen molar-refractivity contribution in [3.05, 3.63) is 49.4 Å². The summed E-state index contributed by atoms with van der Waals surface area (Å²) in [7, 11) is 1.25. The minimum Gasteiger partial charge on any atom is -0.506 e. The molecule has 0 aromatic heterocycles. The fourth-order valence-corrected chi connectivity index (χ4v) is 3.31. The lowest BCUT2D eigenvalue weighted by Crippen LogP contribution is -2.11. The first-order valence-electron chi connectivity index (χ1n) is 6.29. The van der Waals surface area contributed by atoms with E-state index in [2.05, 4.69) is 42.1 Å². The summed E-state index contributed by atoms with van der Waals surface area (Å²) in [4.78, 5) is 23.8. The van der Waals surface area contributed by atoms with E-state index in [0.717, 1.165) is 0 Å². The topological polar surface area (TPSA) is 97.2 Å². The smallest absolute Gasteiger partial charge is 0.341 e. The number of phenolic OH excluding ortho intramolecular Hbond substituents is 1. The van der Waals surface area contributed by atoms with Crippen molar-refractivity contribution < 1.29 is 14.6 Å². The molecule has 23 heavy (non-hydrogen) atoms. The maximum Gasteiger partial charge on any atom is 0.341 e. The minimum atomic E-state index is -0.604. The average molecular weight is 443 g/mol. The van der Waals surface area contributed by atoms with E-state index in [1.165, 1.54) is 13.3 Å². The van der Waals surface area contributed by atoms with Crippen molar-refractivity contribution in [2.24, 2.45) is 0 Å². The number of esters is 1. The van der Waals surface area contributed by atoms with E-state index < -0.39 is 11.5 Å². The van der Waals surface area contributed by atoms with E-state index in [0.29, 0.717) is 14.6 Å². The molecule has 0 amide bonds. The Morgan fingerprint density at radius 2 is 1.96 bits per heavy atom. The van der Waals surface area contributed by atoms with Gasteiger partial charge in [-0.25, -0.2) is 9.89 Å². The number of halogens is 2. The van der Waals surface area contributed by atoms with E-state index in [4.69, 9.17) is 4.74 Å². The molecule has 0 radical (unpaired) electrons. The number of rotatable bonds is 2. The zero-order valence-electron chi connectivity index (χ0n) is 11.6. The Balaban J connectivity index is 2.30. The van der Waals surface area contributed by atoms with E-state index in [1.54, 1.807) is 22.9 Å². The molecule has 2 aliphatic heterocycles. The van der Waals surface area contributed by atoms with Gasteiger partial charge in [-0.3, -0.25) is 4.79 Å². The van der Waals surface area contributed by atoms with Gasteiger partial charge in [0.1, 0.15) is 17.0 Å². The zero-order valence-corrected chi connectivity index (χ0v) is 14.8. The number of phenols is 1. The van der Waals surface area contributed by atoms with Gasteiger partial charge >= 0.3 is 5.97 Å². The fraction of sp³-hybridized carbons (Fsp3) is 0.0714. The molecular weight excluding hydrogens is 434 g/mol. The standard InChI is InChI=1S/C14H9Br2N3O4/c1-23-14(22)8-5-19(4-7-11(8)17-18-13(7)21)6-2-9(15)12(20)10(16)3-6/h2-5,20H,1H3,(H,18,21). The van der Waals surface area contributed by atoms with Crippen LogP contribution in [0.2, 0.25) is 0 Å². The van der Waals surface area contributed by atoms with Gasteiger partial charge in [0.05, 0.1) is 21.6 Å². The molecule has 2 heterocycles. The monoisotopic (exact) mass is 441 g/mol. The maximum atomic E-state index is 12.0. The predicted octanol–water partition coefficient (Wildman–Crippen LogP) is 2.68. The summed E-state index contributed by atoms with van der Waals surface area (Å²) in [6.45, 7) is 0. The summed E-state index contributed by atoms with van der Waals surface area (Å²) in [5, 5.41) is 16.0. The molecule has 0 spiro atoms. The number of aromatic amines is 1. The third kappa shape index (κ3) is 2.66. The Morgan fingerprint density at radius 3 is 2.57 bits per heavy atom. The number of aromatic hydroxyl groups is 1. The van der Waals surface area contributed by atoms with Crippen molar-refractivity contribution in [1.82, 2.24) is 14.8 Å². The zero-order chi connectivity index (χ0) is 16.7. The second-order valence-electron chi connectivity index (χ2n) is 4.64. The van der Waals surface area contributed by atoms with E-state index in [1.807, 2.05) is 0 Å². The molecule has 0 atom stereocenters. The number of hydrogen-bond donors (Lipinski definition) is 2. The van der Waals surface area contributed by atoms with Crippen LogP contribution in [-0.4, -0.2) is 33.0 Å². The van der Waals surface area contributed by atoms with Crippen LogP contribution in [0.15, 0.2) is 38.3 Å². The summed E-state index contributed by atoms with van der Waals surface area (Å²) in [6, 6.07) is 3.30. The Morgan fingerprint density at radius 1 is 1.30 bits per heavy atom. The lowest BCUT2D eigenvalue weighted by Gasteiger charge is -2.13. The number of methoxy groups -OCH3 is 1. The second kappa shape index (κ2) is 5.82. The molecule has 3 rings (SSSR count). The number of benzene rings is 1. The number of aromatic nitrogens is 3. The molecule has 1 aromatic carbocycles. The summed E-state index contributed by atoms with van der Waals surface area (Å²) < 4.78 is 7.25. The van der Waals surface area contributed by atoms with Gasteiger partial charge in [0.25, 0.3) is 5.56 Å². The van der Waals surface area contributed by atoms with Crippen molar-refractivity contribution in [3.63, 3.8) is 0 Å². The van der Waals surface area contributed by atoms with Crippen LogP contribution in [-0.2, 0) is 4.74 Å². The Labute approximate surface area is 146 Å². The SMILES string of the molecule is COC(=O)c1cn(-c2cc(Br)c(O)c(Br)c2)cc2c(=O)[nH]nc1-2. The van der Waals surface area contributed by atoms with Crippen LogP contribution in [0, 0.1) is 0 Å². The highest BCUT2D eigenvalue weighted by molar-refractivity contribution is 9.11. The van der Waals surface area contributed by atoms with Crippen molar-refractivity contribution >= 4 is 37.8 Å². The van der Waals surface area contributed by atoms with Gasteiger partial charge in [-0.1, -0.05) is 0 Å². The molecule has 2 N–H and O–H groups in total. The predicted molar refractivity (Wildman–Crippen MR) is 89.2 cm³/mol. The van der Waals surface area contributed by atoms with Gasteiger partial charge in [0.15, 0.2) is 0 Å². The van der Waals surface area contributed by atoms with Gasteiger partial charge in [0, 0.05) is 18.1 Å². The third-order valence-corrected chi connectivity index (χ3v) is 4.47. The third-order valence-electron chi connectivity index (χ3n) is 3.27. The molecule has 0 bridgehead atoms. The van der Waals surface area contributed by atoms with Gasteiger partial charge in [-0.2, -0.15) is 5.10 Å². The Bertz CT molecular complexity index is 925. The first kappa shape index (κ1) is 15.8. The highest BCUT2D eigenvalue weighted by Crippen LogP contribution is 2.35. The molecule has 9 heteroatoms. The van der Waals surface area contributed by atoms with Crippen LogP contribution in [0.25, 0.3) is 16.9 Å². The van der Waals surface area contributed by atoms with Crippen LogP contribution in [0.1, 0.15) is 10.4 Å². The maximum absolute atomic E-state index is 12.0. The number of carbonyl (C=O) groups excluding carboxylic acids is 1. The fourth-order valence-electron chi connectivity index (χ4n) is 2.15. The number of nitrogens with zero attached hydrogens (tertiary/aromatic N) is 2. The summed E-state index contributed by atoms with van der Waals surface area (Å²) >= 11 is 6.49. The Hall–Kier alpha value is -2.13. The highest BCUT2D eigenvalue weighted by atomic mass is 79.9. The normalized spacial score (nSPS) is 10.9. The van der Waals surface area contributed by atoms with Crippen molar-refractivity contribution in [3.8, 4) is 22.7 Å². The number of carbonyl (C=O) groups is 1. The van der Waals surface area contributed by atoms with Gasteiger partial charge in [-0.05, 0) is 44.0 Å². The number of pyridine rings is 1. The number of fused-ring (bicyclic) bond motifs is 1. The average Bonchev–Trinajstić information content (AvgIpc) is 2.92. The molecule has 7 nitrogen and oxygen atoms in total. The molecule has 0 unspecified atom stereocenters. The molecule has 0 saturated heterocycles. The van der Waals surface area contributed by atoms with E-state index in [9.17, 15) is 14.7 Å². The molecule has 118 valence electrons. The van der Waals surface area contributed by atoms with Crippen molar-refractivity contribution in [1.29, 1.82) is 0 Å². The van der Waals surface area contributed by atoms with Crippen LogP contribution in [0.5, 0.6) is 5.75 Å². The Kier molecular flexibility index (Phi) is 3.99.